The number of hydrogen-bond donors (Lipinski definition) is 1. The van der Waals surface area contributed by atoms with Crippen molar-refractivity contribution in [2.45, 2.75) is 6.54 Å². The van der Waals surface area contributed by atoms with Crippen molar-refractivity contribution in [2.24, 2.45) is 0 Å². The van der Waals surface area contributed by atoms with E-state index >= 15 is 0 Å². The third-order valence-corrected chi connectivity index (χ3v) is 4.69. The van der Waals surface area contributed by atoms with Crippen LogP contribution >= 0.6 is 0 Å². The van der Waals surface area contributed by atoms with Crippen LogP contribution < -0.4 is 10.9 Å². The molecule has 0 aliphatic carbocycles. The average Bonchev–Trinajstić information content (AvgIpc) is 2.80. The van der Waals surface area contributed by atoms with E-state index in [-0.39, 0.29) is 30.0 Å². The number of rotatable bonds is 6. The predicted octanol–water partition coefficient (Wildman–Crippen LogP) is 2.45. The van der Waals surface area contributed by atoms with Gasteiger partial charge in [-0.25, -0.2) is 4.68 Å². The molecule has 0 saturated carbocycles. The summed E-state index contributed by atoms with van der Waals surface area (Å²) in [5, 5.41) is 11.2. The topological polar surface area (TPSA) is 93.9 Å². The van der Waals surface area contributed by atoms with Gasteiger partial charge in [0, 0.05) is 17.7 Å². The van der Waals surface area contributed by atoms with Crippen LogP contribution in [0.2, 0.25) is 0 Å². The molecule has 0 aliphatic heterocycles. The van der Waals surface area contributed by atoms with E-state index in [4.69, 9.17) is 0 Å². The summed E-state index contributed by atoms with van der Waals surface area (Å²) >= 11 is 0. The number of carbonyl (C=O) groups is 2. The van der Waals surface area contributed by atoms with Gasteiger partial charge < -0.3 is 5.32 Å². The molecule has 4 rings (SSSR count). The van der Waals surface area contributed by atoms with Crippen LogP contribution in [0, 0.1) is 0 Å². The molecule has 0 aliphatic rings. The second kappa shape index (κ2) is 8.48. The Labute approximate surface area is 172 Å². The Kier molecular flexibility index (Phi) is 5.43. The van der Waals surface area contributed by atoms with Gasteiger partial charge >= 0.3 is 0 Å². The molecule has 0 spiro atoms. The zero-order valence-electron chi connectivity index (χ0n) is 16.0. The molecule has 1 aromatic heterocycles. The summed E-state index contributed by atoms with van der Waals surface area (Å²) in [7, 11) is 0. The lowest BCUT2D eigenvalue weighted by atomic mass is 9.98. The van der Waals surface area contributed by atoms with E-state index in [2.05, 4.69) is 15.6 Å². The molecular weight excluding hydrogens is 380 g/mol. The van der Waals surface area contributed by atoms with Crippen LogP contribution in [0.5, 0.6) is 0 Å². The van der Waals surface area contributed by atoms with Crippen molar-refractivity contribution < 1.29 is 9.59 Å². The van der Waals surface area contributed by atoms with Crippen LogP contribution in [0.4, 0.5) is 0 Å². The van der Waals surface area contributed by atoms with Crippen molar-refractivity contribution in [1.82, 2.24) is 20.3 Å². The fraction of sp³-hybridized carbons (Fsp3) is 0.0870. The van der Waals surface area contributed by atoms with Crippen molar-refractivity contribution in [3.63, 3.8) is 0 Å². The summed E-state index contributed by atoms with van der Waals surface area (Å²) < 4.78 is 1.21. The minimum absolute atomic E-state index is 0.164. The van der Waals surface area contributed by atoms with Crippen LogP contribution in [0.3, 0.4) is 0 Å². The Morgan fingerprint density at radius 2 is 1.50 bits per heavy atom. The predicted molar refractivity (Wildman–Crippen MR) is 112 cm³/mol. The number of hydrogen-bond acceptors (Lipinski definition) is 5. The number of amides is 1. The fourth-order valence-electron chi connectivity index (χ4n) is 3.16. The molecule has 0 bridgehead atoms. The number of fused-ring (bicyclic) bond motifs is 1. The normalized spacial score (nSPS) is 10.7. The van der Waals surface area contributed by atoms with Crippen LogP contribution in [0.25, 0.3) is 10.9 Å². The third-order valence-electron chi connectivity index (χ3n) is 4.69. The zero-order valence-corrected chi connectivity index (χ0v) is 16.0. The molecule has 0 fully saturated rings. The van der Waals surface area contributed by atoms with Gasteiger partial charge in [0.15, 0.2) is 5.78 Å². The van der Waals surface area contributed by atoms with Gasteiger partial charge in [-0.05, 0) is 18.2 Å². The lowest BCUT2D eigenvalue weighted by Gasteiger charge is -2.10. The minimum Gasteiger partial charge on any atom is -0.350 e. The van der Waals surface area contributed by atoms with Crippen molar-refractivity contribution in [2.75, 3.05) is 6.54 Å². The summed E-state index contributed by atoms with van der Waals surface area (Å²) in [5.74, 6) is -0.616. The first-order valence-electron chi connectivity index (χ1n) is 9.44. The number of benzene rings is 3. The highest BCUT2D eigenvalue weighted by Crippen LogP contribution is 2.14. The Hall–Kier alpha value is -4.13. The van der Waals surface area contributed by atoms with Crippen molar-refractivity contribution >= 4 is 22.6 Å². The highest BCUT2D eigenvalue weighted by atomic mass is 16.2. The Balaban J connectivity index is 1.49. The lowest BCUT2D eigenvalue weighted by Crippen LogP contribution is -2.33. The van der Waals surface area contributed by atoms with Crippen LogP contribution in [-0.2, 0) is 6.54 Å². The maximum atomic E-state index is 12.8. The van der Waals surface area contributed by atoms with E-state index in [0.717, 1.165) is 0 Å². The number of aromatic nitrogens is 3. The molecule has 0 radical (unpaired) electrons. The molecule has 1 amide bonds. The molecule has 1 N–H and O–H groups in total. The summed E-state index contributed by atoms with van der Waals surface area (Å²) in [6.45, 7) is 0.330. The number of nitrogens with one attached hydrogen (secondary N) is 1. The van der Waals surface area contributed by atoms with E-state index in [9.17, 15) is 14.4 Å². The van der Waals surface area contributed by atoms with Gasteiger partial charge in [-0.15, -0.1) is 5.10 Å². The molecule has 4 aromatic rings. The Morgan fingerprint density at radius 1 is 0.833 bits per heavy atom. The molecule has 148 valence electrons. The van der Waals surface area contributed by atoms with Gasteiger partial charge in [-0.1, -0.05) is 65.9 Å². The van der Waals surface area contributed by atoms with Crippen molar-refractivity contribution in [1.29, 1.82) is 0 Å². The van der Waals surface area contributed by atoms with Gasteiger partial charge in [0.1, 0.15) is 5.52 Å². The summed E-state index contributed by atoms with van der Waals surface area (Å²) in [5.41, 5.74) is 1.37. The molecule has 0 saturated heterocycles. The van der Waals surface area contributed by atoms with Gasteiger partial charge in [0.2, 0.25) is 0 Å². The first-order chi connectivity index (χ1) is 14.6. The van der Waals surface area contributed by atoms with Gasteiger partial charge in [-0.3, -0.25) is 14.4 Å². The average molecular weight is 398 g/mol. The number of carbonyl (C=O) groups excluding carboxylic acids is 2. The van der Waals surface area contributed by atoms with E-state index in [1.54, 1.807) is 72.8 Å². The fourth-order valence-corrected chi connectivity index (χ4v) is 3.16. The largest absolute Gasteiger partial charge is 0.350 e. The van der Waals surface area contributed by atoms with E-state index in [1.807, 2.05) is 6.07 Å². The van der Waals surface area contributed by atoms with Crippen LogP contribution in [0.15, 0.2) is 83.7 Å². The summed E-state index contributed by atoms with van der Waals surface area (Å²) in [4.78, 5) is 38.0. The molecule has 0 atom stereocenters. The van der Waals surface area contributed by atoms with Crippen LogP contribution in [-0.4, -0.2) is 33.2 Å². The van der Waals surface area contributed by atoms with E-state index < -0.39 is 5.91 Å². The Bertz CT molecular complexity index is 1280. The summed E-state index contributed by atoms with van der Waals surface area (Å²) in [6.07, 6.45) is 0. The minimum atomic E-state index is -0.392. The van der Waals surface area contributed by atoms with Crippen LogP contribution in [0.1, 0.15) is 26.3 Å². The molecule has 3 aromatic carbocycles. The molecular formula is C23H18N4O3. The second-order valence-corrected chi connectivity index (χ2v) is 6.63. The molecule has 7 nitrogen and oxygen atoms in total. The van der Waals surface area contributed by atoms with Gasteiger partial charge in [0.05, 0.1) is 17.5 Å². The number of ketones is 1. The zero-order chi connectivity index (χ0) is 20.9. The highest BCUT2D eigenvalue weighted by molar-refractivity contribution is 6.15. The quantitative estimate of drug-likeness (QED) is 0.504. The number of nitrogens with zero attached hydrogens (tertiary/aromatic N) is 3. The smallest absolute Gasteiger partial charge is 0.277 e. The maximum Gasteiger partial charge on any atom is 0.277 e. The highest BCUT2D eigenvalue weighted by Gasteiger charge is 2.17. The van der Waals surface area contributed by atoms with E-state index in [0.29, 0.717) is 22.0 Å². The lowest BCUT2D eigenvalue weighted by molar-refractivity contribution is 0.0940. The van der Waals surface area contributed by atoms with Gasteiger partial charge in [-0.2, -0.15) is 0 Å². The molecule has 7 heteroatoms. The monoisotopic (exact) mass is 398 g/mol. The standard InChI is InChI=1S/C23H18N4O3/c28-21(16-8-2-1-3-9-16)17-10-4-5-11-18(17)22(29)24-14-15-27-23(30)19-12-6-7-13-20(19)25-26-27/h1-13H,14-15H2,(H,24,29). The molecule has 0 unspecified atom stereocenters. The van der Waals surface area contributed by atoms with Crippen molar-refractivity contribution in [3.05, 3.63) is 106 Å². The second-order valence-electron chi connectivity index (χ2n) is 6.63. The first-order valence-corrected chi connectivity index (χ1v) is 9.44. The SMILES string of the molecule is O=C(NCCn1nnc2ccccc2c1=O)c1ccccc1C(=O)c1ccccc1. The van der Waals surface area contributed by atoms with Crippen molar-refractivity contribution in [3.8, 4) is 0 Å². The molecule has 30 heavy (non-hydrogen) atoms. The molecule has 1 heterocycles. The maximum absolute atomic E-state index is 12.8. The van der Waals surface area contributed by atoms with E-state index in [1.165, 1.54) is 4.68 Å². The Morgan fingerprint density at radius 3 is 2.30 bits per heavy atom. The third kappa shape index (κ3) is 3.86. The first kappa shape index (κ1) is 19.2. The van der Waals surface area contributed by atoms with Gasteiger partial charge in [0.25, 0.3) is 11.5 Å². The summed E-state index contributed by atoms with van der Waals surface area (Å²) in [6, 6.07) is 22.4.